The molecule has 5 heteroatoms. The average molecular weight is 247 g/mol. The van der Waals surface area contributed by atoms with Crippen LogP contribution in [0.5, 0.6) is 0 Å². The number of rotatable bonds is 4. The number of aliphatic hydroxyl groups excluding tert-OH is 1. The zero-order chi connectivity index (χ0) is 13.1. The van der Waals surface area contributed by atoms with Crippen molar-refractivity contribution >= 4 is 0 Å². The Kier molecular flexibility index (Phi) is 4.51. The van der Waals surface area contributed by atoms with E-state index in [-0.39, 0.29) is 5.92 Å². The summed E-state index contributed by atoms with van der Waals surface area (Å²) < 4.78 is 36.9. The van der Waals surface area contributed by atoms with E-state index in [1.807, 2.05) is 13.8 Å². The first-order chi connectivity index (χ1) is 7.90. The second-order valence-electron chi connectivity index (χ2n) is 4.00. The summed E-state index contributed by atoms with van der Waals surface area (Å²) in [6.07, 6.45) is -2.53. The molecule has 0 aromatic carbocycles. The van der Waals surface area contributed by atoms with E-state index < -0.39 is 18.0 Å². The van der Waals surface area contributed by atoms with Crippen molar-refractivity contribution in [3.05, 3.63) is 29.6 Å². The summed E-state index contributed by atoms with van der Waals surface area (Å²) >= 11 is 0. The highest BCUT2D eigenvalue weighted by atomic mass is 19.4. The Labute approximate surface area is 98.5 Å². The Balaban J connectivity index is 2.87. The van der Waals surface area contributed by atoms with E-state index in [4.69, 9.17) is 0 Å². The predicted octanol–water partition coefficient (Wildman–Crippen LogP) is 3.57. The van der Waals surface area contributed by atoms with Crippen LogP contribution >= 0.6 is 0 Å². The number of halogens is 3. The first-order valence-electron chi connectivity index (χ1n) is 5.61. The van der Waals surface area contributed by atoms with Gasteiger partial charge in [0.1, 0.15) is 5.69 Å². The first kappa shape index (κ1) is 14.0. The minimum atomic E-state index is -4.43. The van der Waals surface area contributed by atoms with E-state index in [1.165, 1.54) is 6.07 Å². The fourth-order valence-corrected chi connectivity index (χ4v) is 1.76. The minimum absolute atomic E-state index is 0.0496. The number of aromatic nitrogens is 1. The monoisotopic (exact) mass is 247 g/mol. The normalized spacial score (nSPS) is 14.1. The zero-order valence-corrected chi connectivity index (χ0v) is 9.83. The molecule has 17 heavy (non-hydrogen) atoms. The van der Waals surface area contributed by atoms with Gasteiger partial charge in [-0.3, -0.25) is 4.98 Å². The van der Waals surface area contributed by atoms with Crippen molar-refractivity contribution in [2.75, 3.05) is 0 Å². The number of hydrogen-bond acceptors (Lipinski definition) is 2. The summed E-state index contributed by atoms with van der Waals surface area (Å²) in [7, 11) is 0. The molecule has 1 aromatic rings. The number of pyridine rings is 1. The second kappa shape index (κ2) is 5.49. The molecule has 2 nitrogen and oxygen atoms in total. The van der Waals surface area contributed by atoms with Crippen LogP contribution in [0.25, 0.3) is 0 Å². The van der Waals surface area contributed by atoms with Crippen molar-refractivity contribution in [2.45, 2.75) is 39.0 Å². The molecule has 1 N–H and O–H groups in total. The largest absolute Gasteiger partial charge is 0.433 e. The van der Waals surface area contributed by atoms with Crippen LogP contribution in [-0.4, -0.2) is 10.1 Å². The average Bonchev–Trinajstić information content (AvgIpc) is 2.29. The standard InChI is InChI=1S/C12H16F3NO/c1-3-8(4-2)11(17)9-5-6-10(16-7-9)12(13,14)15/h5-8,11,17H,3-4H2,1-2H3. The molecule has 0 amide bonds. The molecule has 0 saturated heterocycles. The summed E-state index contributed by atoms with van der Waals surface area (Å²) in [6.45, 7) is 3.88. The van der Waals surface area contributed by atoms with E-state index in [2.05, 4.69) is 4.98 Å². The van der Waals surface area contributed by atoms with Gasteiger partial charge in [0.05, 0.1) is 6.10 Å². The van der Waals surface area contributed by atoms with E-state index in [9.17, 15) is 18.3 Å². The van der Waals surface area contributed by atoms with Gasteiger partial charge in [-0.2, -0.15) is 13.2 Å². The lowest BCUT2D eigenvalue weighted by molar-refractivity contribution is -0.141. The number of nitrogens with zero attached hydrogens (tertiary/aromatic N) is 1. The Morgan fingerprint density at radius 3 is 2.18 bits per heavy atom. The Morgan fingerprint density at radius 2 is 1.82 bits per heavy atom. The molecule has 0 aliphatic rings. The molecule has 0 saturated carbocycles. The van der Waals surface area contributed by atoms with Gasteiger partial charge in [-0.05, 0) is 17.5 Å². The maximum atomic E-state index is 12.3. The van der Waals surface area contributed by atoms with Gasteiger partial charge in [-0.1, -0.05) is 32.8 Å². The molecule has 0 aliphatic carbocycles. The van der Waals surface area contributed by atoms with Crippen molar-refractivity contribution in [2.24, 2.45) is 5.92 Å². The highest BCUT2D eigenvalue weighted by molar-refractivity contribution is 5.18. The van der Waals surface area contributed by atoms with Crippen LogP contribution in [0.4, 0.5) is 13.2 Å². The smallest absolute Gasteiger partial charge is 0.388 e. The van der Waals surface area contributed by atoms with E-state index >= 15 is 0 Å². The van der Waals surface area contributed by atoms with Crippen molar-refractivity contribution in [1.29, 1.82) is 0 Å². The molecule has 96 valence electrons. The van der Waals surface area contributed by atoms with Gasteiger partial charge in [0, 0.05) is 6.20 Å². The van der Waals surface area contributed by atoms with Crippen molar-refractivity contribution < 1.29 is 18.3 Å². The van der Waals surface area contributed by atoms with Crippen molar-refractivity contribution in [3.63, 3.8) is 0 Å². The summed E-state index contributed by atoms with van der Waals surface area (Å²) in [5.74, 6) is 0.0496. The summed E-state index contributed by atoms with van der Waals surface area (Å²) in [6, 6.07) is 2.19. The first-order valence-corrected chi connectivity index (χ1v) is 5.61. The summed E-state index contributed by atoms with van der Waals surface area (Å²) in [5.41, 5.74) is -0.496. The quantitative estimate of drug-likeness (QED) is 0.882. The highest BCUT2D eigenvalue weighted by Gasteiger charge is 2.32. The molecule has 0 bridgehead atoms. The molecule has 1 atom stereocenters. The molecule has 1 rings (SSSR count). The molecule has 0 fully saturated rings. The van der Waals surface area contributed by atoms with Crippen LogP contribution in [0.2, 0.25) is 0 Å². The molecule has 1 heterocycles. The predicted molar refractivity (Wildman–Crippen MR) is 58.3 cm³/mol. The lowest BCUT2D eigenvalue weighted by Gasteiger charge is -2.20. The molecule has 0 aliphatic heterocycles. The van der Waals surface area contributed by atoms with Crippen LogP contribution < -0.4 is 0 Å². The van der Waals surface area contributed by atoms with E-state index in [0.29, 0.717) is 5.56 Å². The van der Waals surface area contributed by atoms with Gasteiger partial charge in [0.25, 0.3) is 0 Å². The topological polar surface area (TPSA) is 33.1 Å². The van der Waals surface area contributed by atoms with Crippen molar-refractivity contribution in [3.8, 4) is 0 Å². The summed E-state index contributed by atoms with van der Waals surface area (Å²) in [5, 5.41) is 9.95. The number of hydrogen-bond donors (Lipinski definition) is 1. The lowest BCUT2D eigenvalue weighted by atomic mass is 9.92. The minimum Gasteiger partial charge on any atom is -0.388 e. The Bertz CT molecular complexity index is 344. The maximum absolute atomic E-state index is 12.3. The van der Waals surface area contributed by atoms with E-state index in [0.717, 1.165) is 25.1 Å². The van der Waals surface area contributed by atoms with Crippen LogP contribution in [0.15, 0.2) is 18.3 Å². The van der Waals surface area contributed by atoms with Crippen LogP contribution in [0.3, 0.4) is 0 Å². The molecular formula is C12H16F3NO. The highest BCUT2D eigenvalue weighted by Crippen LogP contribution is 2.30. The second-order valence-corrected chi connectivity index (χ2v) is 4.00. The van der Waals surface area contributed by atoms with Gasteiger partial charge < -0.3 is 5.11 Å². The van der Waals surface area contributed by atoms with Gasteiger partial charge in [0.2, 0.25) is 0 Å². The van der Waals surface area contributed by atoms with Crippen molar-refractivity contribution in [1.82, 2.24) is 4.98 Å². The van der Waals surface area contributed by atoms with Gasteiger partial charge in [-0.15, -0.1) is 0 Å². The SMILES string of the molecule is CCC(CC)C(O)c1ccc(C(F)(F)F)nc1. The Hall–Kier alpha value is -1.10. The third-order valence-electron chi connectivity index (χ3n) is 2.91. The lowest BCUT2D eigenvalue weighted by Crippen LogP contribution is -2.13. The molecule has 0 spiro atoms. The third kappa shape index (κ3) is 3.43. The maximum Gasteiger partial charge on any atom is 0.433 e. The van der Waals surface area contributed by atoms with Gasteiger partial charge in [-0.25, -0.2) is 0 Å². The molecular weight excluding hydrogens is 231 g/mol. The summed E-state index contributed by atoms with van der Waals surface area (Å²) in [4.78, 5) is 3.34. The molecule has 1 unspecified atom stereocenters. The van der Waals surface area contributed by atoms with Crippen LogP contribution in [-0.2, 0) is 6.18 Å². The number of alkyl halides is 3. The number of aliphatic hydroxyl groups is 1. The van der Waals surface area contributed by atoms with E-state index in [1.54, 1.807) is 0 Å². The van der Waals surface area contributed by atoms with Gasteiger partial charge in [0.15, 0.2) is 0 Å². The third-order valence-corrected chi connectivity index (χ3v) is 2.91. The Morgan fingerprint density at radius 1 is 1.24 bits per heavy atom. The fraction of sp³-hybridized carbons (Fsp3) is 0.583. The van der Waals surface area contributed by atoms with Crippen LogP contribution in [0, 0.1) is 5.92 Å². The van der Waals surface area contributed by atoms with Crippen LogP contribution in [0.1, 0.15) is 44.1 Å². The van der Waals surface area contributed by atoms with Gasteiger partial charge >= 0.3 is 6.18 Å². The zero-order valence-electron chi connectivity index (χ0n) is 9.83. The molecule has 1 aromatic heterocycles. The fourth-order valence-electron chi connectivity index (χ4n) is 1.76. The molecule has 0 radical (unpaired) electrons.